The maximum Gasteiger partial charge on any atom is 0.331 e. The molecule has 0 saturated heterocycles. The van der Waals surface area contributed by atoms with E-state index in [-0.39, 0.29) is 0 Å². The van der Waals surface area contributed by atoms with Gasteiger partial charge in [0.1, 0.15) is 0 Å². The zero-order valence-electron chi connectivity index (χ0n) is 7.57. The highest BCUT2D eigenvalue weighted by Crippen LogP contribution is 2.10. The molecule has 0 aliphatic heterocycles. The quantitative estimate of drug-likeness (QED) is 0.723. The van der Waals surface area contributed by atoms with E-state index in [1.165, 1.54) is 6.08 Å². The van der Waals surface area contributed by atoms with Crippen LogP contribution >= 0.6 is 0 Å². The van der Waals surface area contributed by atoms with Crippen LogP contribution in [0.15, 0.2) is 16.2 Å². The van der Waals surface area contributed by atoms with Crippen LogP contribution in [-0.4, -0.2) is 16.2 Å². The molecule has 0 aliphatic rings. The van der Waals surface area contributed by atoms with Gasteiger partial charge in [-0.2, -0.15) is 0 Å². The van der Waals surface area contributed by atoms with Crippen molar-refractivity contribution in [3.05, 3.63) is 23.1 Å². The minimum Gasteiger partial charge on any atom is -0.478 e. The summed E-state index contributed by atoms with van der Waals surface area (Å²) in [5, 5.41) is 12.4. The van der Waals surface area contributed by atoms with Gasteiger partial charge >= 0.3 is 5.97 Å². The Bertz CT molecular complexity index is 338. The molecule has 0 bridgehead atoms. The second kappa shape index (κ2) is 3.89. The van der Waals surface area contributed by atoms with Gasteiger partial charge < -0.3 is 9.63 Å². The first-order chi connectivity index (χ1) is 6.13. The minimum absolute atomic E-state index is 0.316. The van der Waals surface area contributed by atoms with Gasteiger partial charge in [-0.25, -0.2) is 4.79 Å². The van der Waals surface area contributed by atoms with E-state index in [4.69, 9.17) is 9.63 Å². The molecule has 1 aromatic rings. The maximum absolute atomic E-state index is 10.6. The van der Waals surface area contributed by atoms with E-state index in [9.17, 15) is 4.79 Å². The Balaban J connectivity index is 2.91. The van der Waals surface area contributed by atoms with Crippen LogP contribution in [0.1, 0.15) is 24.8 Å². The fourth-order valence-electron chi connectivity index (χ4n) is 0.938. The maximum atomic E-state index is 10.6. The van der Waals surface area contributed by atoms with Crippen molar-refractivity contribution in [1.82, 2.24) is 5.16 Å². The van der Waals surface area contributed by atoms with Gasteiger partial charge in [0.05, 0.1) is 5.69 Å². The van der Waals surface area contributed by atoms with E-state index in [1.807, 2.05) is 0 Å². The summed E-state index contributed by atoms with van der Waals surface area (Å²) in [6.07, 6.45) is 1.96. The second-order valence-electron chi connectivity index (χ2n) is 2.70. The predicted octanol–water partition coefficient (Wildman–Crippen LogP) is 1.86. The van der Waals surface area contributed by atoms with Crippen molar-refractivity contribution < 1.29 is 14.4 Å². The Morgan fingerprint density at radius 1 is 1.77 bits per heavy atom. The summed E-state index contributed by atoms with van der Waals surface area (Å²) in [6, 6.07) is 1.69. The number of hydrogen-bond acceptors (Lipinski definition) is 3. The first-order valence-electron chi connectivity index (χ1n) is 4.00. The minimum atomic E-state index is -0.920. The molecule has 1 N–H and O–H groups in total. The Kier molecular flexibility index (Phi) is 2.84. The number of carboxylic acid groups (broad SMARTS) is 1. The van der Waals surface area contributed by atoms with Gasteiger partial charge in [0.2, 0.25) is 0 Å². The molecule has 0 aliphatic carbocycles. The summed E-state index contributed by atoms with van der Waals surface area (Å²) in [5.41, 5.74) is 1.06. The van der Waals surface area contributed by atoms with Crippen molar-refractivity contribution in [1.29, 1.82) is 0 Å². The van der Waals surface area contributed by atoms with E-state index < -0.39 is 5.97 Å². The molecule has 0 unspecified atom stereocenters. The van der Waals surface area contributed by atoms with Crippen molar-refractivity contribution in [2.75, 3.05) is 0 Å². The number of aryl methyl sites for hydroxylation is 1. The van der Waals surface area contributed by atoms with E-state index in [0.29, 0.717) is 17.8 Å². The third kappa shape index (κ3) is 2.43. The normalized spacial score (nSPS) is 11.7. The molecule has 70 valence electrons. The molecule has 0 saturated carbocycles. The smallest absolute Gasteiger partial charge is 0.331 e. The summed E-state index contributed by atoms with van der Waals surface area (Å²) < 4.78 is 4.86. The van der Waals surface area contributed by atoms with Crippen LogP contribution in [0, 0.1) is 6.92 Å². The lowest BCUT2D eigenvalue weighted by molar-refractivity contribution is -0.132. The molecule has 4 heteroatoms. The van der Waals surface area contributed by atoms with E-state index in [1.54, 1.807) is 19.9 Å². The Hall–Kier alpha value is -1.58. The average Bonchev–Trinajstić information content (AvgIpc) is 2.46. The van der Waals surface area contributed by atoms with Gasteiger partial charge in [0, 0.05) is 11.6 Å². The largest absolute Gasteiger partial charge is 0.478 e. The van der Waals surface area contributed by atoms with Gasteiger partial charge in [-0.1, -0.05) is 12.1 Å². The highest BCUT2D eigenvalue weighted by molar-refractivity contribution is 5.91. The number of aromatic nitrogens is 1. The molecular formula is C9H11NO3. The number of rotatable bonds is 3. The third-order valence-electron chi connectivity index (χ3n) is 1.62. The SMILES string of the molecule is CC/C(=C\c1cc(C)no1)C(=O)O. The van der Waals surface area contributed by atoms with Crippen LogP contribution in [-0.2, 0) is 4.79 Å². The van der Waals surface area contributed by atoms with Gasteiger partial charge in [0.25, 0.3) is 0 Å². The van der Waals surface area contributed by atoms with Crippen molar-refractivity contribution >= 4 is 12.0 Å². The number of carboxylic acids is 1. The molecule has 1 heterocycles. The molecule has 0 atom stereocenters. The van der Waals surface area contributed by atoms with Crippen LogP contribution in [0.2, 0.25) is 0 Å². The zero-order chi connectivity index (χ0) is 9.84. The van der Waals surface area contributed by atoms with Crippen LogP contribution in [0.3, 0.4) is 0 Å². The van der Waals surface area contributed by atoms with E-state index in [2.05, 4.69) is 5.16 Å². The fraction of sp³-hybridized carbons (Fsp3) is 0.333. The van der Waals surface area contributed by atoms with Gasteiger partial charge in [-0.15, -0.1) is 0 Å². The van der Waals surface area contributed by atoms with Crippen LogP contribution < -0.4 is 0 Å². The molecule has 1 rings (SSSR count). The van der Waals surface area contributed by atoms with Crippen molar-refractivity contribution in [2.24, 2.45) is 0 Å². The molecule has 1 aromatic heterocycles. The molecule has 0 aromatic carbocycles. The van der Waals surface area contributed by atoms with Gasteiger partial charge in [-0.3, -0.25) is 0 Å². The number of nitrogens with zero attached hydrogens (tertiary/aromatic N) is 1. The third-order valence-corrected chi connectivity index (χ3v) is 1.62. The molecule has 0 spiro atoms. The molecule has 0 fully saturated rings. The molecule has 0 radical (unpaired) electrons. The van der Waals surface area contributed by atoms with Gasteiger partial charge in [-0.05, 0) is 19.4 Å². The second-order valence-corrected chi connectivity index (χ2v) is 2.70. The lowest BCUT2D eigenvalue weighted by Crippen LogP contribution is -1.98. The lowest BCUT2D eigenvalue weighted by atomic mass is 10.2. The summed E-state index contributed by atoms with van der Waals surface area (Å²) in [6.45, 7) is 3.57. The first kappa shape index (κ1) is 9.51. The molecule has 13 heavy (non-hydrogen) atoms. The van der Waals surface area contributed by atoms with Gasteiger partial charge in [0.15, 0.2) is 5.76 Å². The Labute approximate surface area is 75.9 Å². The topological polar surface area (TPSA) is 63.3 Å². The number of aliphatic carboxylic acids is 1. The molecular weight excluding hydrogens is 170 g/mol. The average molecular weight is 181 g/mol. The highest BCUT2D eigenvalue weighted by Gasteiger charge is 2.06. The van der Waals surface area contributed by atoms with Crippen LogP contribution in [0.4, 0.5) is 0 Å². The standard InChI is InChI=1S/C9H11NO3/c1-3-7(9(11)12)5-8-4-6(2)10-13-8/h4-5H,3H2,1-2H3,(H,11,12)/b7-5+. The predicted molar refractivity (Wildman–Crippen MR) is 47.1 cm³/mol. The first-order valence-corrected chi connectivity index (χ1v) is 4.00. The Morgan fingerprint density at radius 3 is 2.85 bits per heavy atom. The Morgan fingerprint density at radius 2 is 2.46 bits per heavy atom. The van der Waals surface area contributed by atoms with Crippen molar-refractivity contribution in [3.63, 3.8) is 0 Å². The zero-order valence-corrected chi connectivity index (χ0v) is 7.57. The van der Waals surface area contributed by atoms with E-state index >= 15 is 0 Å². The van der Waals surface area contributed by atoms with Crippen molar-refractivity contribution in [3.8, 4) is 0 Å². The lowest BCUT2D eigenvalue weighted by Gasteiger charge is -1.93. The fourth-order valence-corrected chi connectivity index (χ4v) is 0.938. The molecule has 0 amide bonds. The number of hydrogen-bond donors (Lipinski definition) is 1. The summed E-state index contributed by atoms with van der Waals surface area (Å²) in [4.78, 5) is 10.6. The summed E-state index contributed by atoms with van der Waals surface area (Å²) >= 11 is 0. The highest BCUT2D eigenvalue weighted by atomic mass is 16.5. The van der Waals surface area contributed by atoms with E-state index in [0.717, 1.165) is 5.69 Å². The monoisotopic (exact) mass is 181 g/mol. The van der Waals surface area contributed by atoms with Crippen LogP contribution in [0.5, 0.6) is 0 Å². The summed E-state index contributed by atoms with van der Waals surface area (Å²) in [7, 11) is 0. The molecule has 4 nitrogen and oxygen atoms in total. The number of carbonyl (C=O) groups is 1. The van der Waals surface area contributed by atoms with Crippen molar-refractivity contribution in [2.45, 2.75) is 20.3 Å². The van der Waals surface area contributed by atoms with Crippen LogP contribution in [0.25, 0.3) is 6.08 Å². The summed E-state index contributed by atoms with van der Waals surface area (Å²) in [5.74, 6) is -0.437.